The van der Waals surface area contributed by atoms with Crippen LogP contribution in [0.15, 0.2) is 30.3 Å². The van der Waals surface area contributed by atoms with Gasteiger partial charge in [-0.25, -0.2) is 0 Å². The predicted molar refractivity (Wildman–Crippen MR) is 105 cm³/mol. The summed E-state index contributed by atoms with van der Waals surface area (Å²) in [5.41, 5.74) is 8.08. The standard InChI is InChI=1S/C19H26N6O2/c1-12-11-24(8-9-25(12)13(2)19(27)21-3)16-10-15(22-23-18(16)20)14-6-4-5-7-17(14)26/h4-7,10,12-13,26H,8-9,11H2,1-3H3,(H2,20,23)(H,21,27)/t12-,13?/m0/s1. The fourth-order valence-electron chi connectivity index (χ4n) is 3.59. The third-order valence-corrected chi connectivity index (χ3v) is 5.12. The number of likely N-dealkylation sites (N-methyl/N-ethyl adjacent to an activating group) is 1. The molecule has 0 radical (unpaired) electrons. The zero-order valence-electron chi connectivity index (χ0n) is 15.9. The maximum Gasteiger partial charge on any atom is 0.236 e. The van der Waals surface area contributed by atoms with E-state index in [2.05, 4.69) is 32.2 Å². The summed E-state index contributed by atoms with van der Waals surface area (Å²) < 4.78 is 0. The van der Waals surface area contributed by atoms with Crippen LogP contribution < -0.4 is 16.0 Å². The third kappa shape index (κ3) is 3.80. The van der Waals surface area contributed by atoms with Crippen molar-refractivity contribution in [3.8, 4) is 17.0 Å². The Morgan fingerprint density at radius 3 is 2.74 bits per heavy atom. The number of aromatic nitrogens is 2. The van der Waals surface area contributed by atoms with Crippen LogP contribution in [0.4, 0.5) is 11.5 Å². The van der Waals surface area contributed by atoms with E-state index in [1.807, 2.05) is 19.1 Å². The number of phenolic OH excluding ortho intramolecular Hbond substituents is 1. The molecule has 1 aliphatic heterocycles. The minimum absolute atomic E-state index is 0.0160. The van der Waals surface area contributed by atoms with Crippen molar-refractivity contribution < 1.29 is 9.90 Å². The van der Waals surface area contributed by atoms with Gasteiger partial charge in [0.15, 0.2) is 5.82 Å². The Kier molecular flexibility index (Phi) is 5.46. The molecule has 1 unspecified atom stereocenters. The molecule has 4 N–H and O–H groups in total. The first-order chi connectivity index (χ1) is 12.9. The first kappa shape index (κ1) is 18.9. The monoisotopic (exact) mass is 370 g/mol. The van der Waals surface area contributed by atoms with Gasteiger partial charge in [0.2, 0.25) is 5.91 Å². The van der Waals surface area contributed by atoms with Crippen LogP contribution in [0.2, 0.25) is 0 Å². The second-order valence-electron chi connectivity index (χ2n) is 6.84. The summed E-state index contributed by atoms with van der Waals surface area (Å²) in [5.74, 6) is 0.525. The van der Waals surface area contributed by atoms with E-state index >= 15 is 0 Å². The van der Waals surface area contributed by atoms with Crippen molar-refractivity contribution in [3.05, 3.63) is 30.3 Å². The number of aromatic hydroxyl groups is 1. The maximum atomic E-state index is 12.0. The summed E-state index contributed by atoms with van der Waals surface area (Å²) in [6.45, 7) is 6.20. The van der Waals surface area contributed by atoms with Gasteiger partial charge in [-0.05, 0) is 32.0 Å². The molecule has 0 saturated carbocycles. The maximum absolute atomic E-state index is 12.0. The van der Waals surface area contributed by atoms with Gasteiger partial charge in [-0.3, -0.25) is 9.69 Å². The van der Waals surface area contributed by atoms with Crippen LogP contribution in [-0.4, -0.2) is 64.9 Å². The minimum Gasteiger partial charge on any atom is -0.507 e. The average molecular weight is 370 g/mol. The summed E-state index contributed by atoms with van der Waals surface area (Å²) in [7, 11) is 1.66. The lowest BCUT2D eigenvalue weighted by atomic mass is 10.1. The van der Waals surface area contributed by atoms with Crippen molar-refractivity contribution in [1.82, 2.24) is 20.4 Å². The molecular formula is C19H26N6O2. The van der Waals surface area contributed by atoms with E-state index in [9.17, 15) is 9.90 Å². The molecule has 144 valence electrons. The molecule has 0 aliphatic carbocycles. The molecule has 2 heterocycles. The highest BCUT2D eigenvalue weighted by atomic mass is 16.3. The molecule has 27 heavy (non-hydrogen) atoms. The van der Waals surface area contributed by atoms with E-state index in [0.29, 0.717) is 17.1 Å². The number of nitrogens with one attached hydrogen (secondary N) is 1. The summed E-state index contributed by atoms with van der Waals surface area (Å²) in [6.07, 6.45) is 0. The number of phenols is 1. The zero-order valence-corrected chi connectivity index (χ0v) is 15.9. The molecule has 2 atom stereocenters. The Labute approximate surface area is 159 Å². The summed E-state index contributed by atoms with van der Waals surface area (Å²) in [4.78, 5) is 16.3. The van der Waals surface area contributed by atoms with Gasteiger partial charge in [-0.1, -0.05) is 12.1 Å². The number of hydrogen-bond acceptors (Lipinski definition) is 7. The largest absolute Gasteiger partial charge is 0.507 e. The quantitative estimate of drug-likeness (QED) is 0.739. The number of carbonyl (C=O) groups excluding carboxylic acids is 1. The van der Waals surface area contributed by atoms with Gasteiger partial charge in [-0.15, -0.1) is 10.2 Å². The second kappa shape index (κ2) is 7.79. The number of carbonyl (C=O) groups is 1. The molecular weight excluding hydrogens is 344 g/mol. The van der Waals surface area contributed by atoms with Gasteiger partial charge in [0.25, 0.3) is 0 Å². The van der Waals surface area contributed by atoms with Crippen LogP contribution >= 0.6 is 0 Å². The smallest absolute Gasteiger partial charge is 0.236 e. The van der Waals surface area contributed by atoms with Crippen LogP contribution in [0.25, 0.3) is 11.3 Å². The lowest BCUT2D eigenvalue weighted by Gasteiger charge is -2.43. The molecule has 3 rings (SSSR count). The number of piperazine rings is 1. The van der Waals surface area contributed by atoms with Crippen molar-refractivity contribution in [3.63, 3.8) is 0 Å². The number of amides is 1. The molecule has 0 spiro atoms. The van der Waals surface area contributed by atoms with Crippen molar-refractivity contribution >= 4 is 17.4 Å². The highest BCUT2D eigenvalue weighted by Crippen LogP contribution is 2.32. The molecule has 1 aromatic heterocycles. The number of rotatable bonds is 4. The van der Waals surface area contributed by atoms with Crippen molar-refractivity contribution in [2.75, 3.05) is 37.3 Å². The molecule has 1 fully saturated rings. The van der Waals surface area contributed by atoms with Gasteiger partial charge in [0, 0.05) is 38.3 Å². The lowest BCUT2D eigenvalue weighted by molar-refractivity contribution is -0.126. The van der Waals surface area contributed by atoms with Crippen LogP contribution in [0, 0.1) is 0 Å². The zero-order chi connectivity index (χ0) is 19.6. The highest BCUT2D eigenvalue weighted by Gasteiger charge is 2.31. The Balaban J connectivity index is 1.83. The number of nitrogens with zero attached hydrogens (tertiary/aromatic N) is 4. The fraction of sp³-hybridized carbons (Fsp3) is 0.421. The Hall–Kier alpha value is -2.87. The van der Waals surface area contributed by atoms with Gasteiger partial charge < -0.3 is 21.1 Å². The van der Waals surface area contributed by atoms with Crippen LogP contribution in [-0.2, 0) is 4.79 Å². The Morgan fingerprint density at radius 1 is 1.33 bits per heavy atom. The second-order valence-corrected chi connectivity index (χ2v) is 6.84. The van der Waals surface area contributed by atoms with Gasteiger partial charge in [-0.2, -0.15) is 0 Å². The summed E-state index contributed by atoms with van der Waals surface area (Å²) >= 11 is 0. The minimum atomic E-state index is -0.183. The van der Waals surface area contributed by atoms with Crippen LogP contribution in [0.5, 0.6) is 5.75 Å². The van der Waals surface area contributed by atoms with Gasteiger partial charge >= 0.3 is 0 Å². The van der Waals surface area contributed by atoms with E-state index < -0.39 is 0 Å². The molecule has 2 aromatic rings. The van der Waals surface area contributed by atoms with E-state index in [-0.39, 0.29) is 23.7 Å². The number of nitrogens with two attached hydrogens (primary N) is 1. The Morgan fingerprint density at radius 2 is 2.07 bits per heavy atom. The van der Waals surface area contributed by atoms with Crippen molar-refractivity contribution in [1.29, 1.82) is 0 Å². The first-order valence-electron chi connectivity index (χ1n) is 9.06. The third-order valence-electron chi connectivity index (χ3n) is 5.12. The number of anilines is 2. The van der Waals surface area contributed by atoms with Crippen LogP contribution in [0.1, 0.15) is 13.8 Å². The number of para-hydroxylation sites is 1. The first-order valence-corrected chi connectivity index (χ1v) is 9.06. The highest BCUT2D eigenvalue weighted by molar-refractivity contribution is 5.81. The molecule has 8 heteroatoms. The molecule has 1 aliphatic rings. The van der Waals surface area contributed by atoms with E-state index in [4.69, 9.17) is 5.73 Å². The lowest BCUT2D eigenvalue weighted by Crippen LogP contribution is -2.58. The topological polar surface area (TPSA) is 108 Å². The van der Waals surface area contributed by atoms with Crippen molar-refractivity contribution in [2.24, 2.45) is 0 Å². The van der Waals surface area contributed by atoms with Gasteiger partial charge in [0.1, 0.15) is 5.75 Å². The molecule has 1 amide bonds. The van der Waals surface area contributed by atoms with E-state index in [1.165, 1.54) is 0 Å². The van der Waals surface area contributed by atoms with Gasteiger partial charge in [0.05, 0.1) is 17.4 Å². The van der Waals surface area contributed by atoms with Crippen molar-refractivity contribution in [2.45, 2.75) is 25.9 Å². The molecule has 8 nitrogen and oxygen atoms in total. The average Bonchev–Trinajstić information content (AvgIpc) is 2.67. The number of hydrogen-bond donors (Lipinski definition) is 3. The number of benzene rings is 1. The normalized spacial score (nSPS) is 18.9. The van der Waals surface area contributed by atoms with E-state index in [0.717, 1.165) is 25.3 Å². The molecule has 1 saturated heterocycles. The van der Waals surface area contributed by atoms with Crippen LogP contribution in [0.3, 0.4) is 0 Å². The SMILES string of the molecule is CNC(=O)C(C)N1CCN(c2cc(-c3ccccc3O)nnc2N)C[C@@H]1C. The fourth-order valence-corrected chi connectivity index (χ4v) is 3.59. The summed E-state index contributed by atoms with van der Waals surface area (Å²) in [5, 5.41) is 21.0. The van der Waals surface area contributed by atoms with E-state index in [1.54, 1.807) is 25.2 Å². The Bertz CT molecular complexity index is 828. The number of nitrogen functional groups attached to an aromatic ring is 1. The predicted octanol–water partition coefficient (Wildman–Crippen LogP) is 1.08. The molecule has 0 bridgehead atoms. The summed E-state index contributed by atoms with van der Waals surface area (Å²) in [6, 6.07) is 8.87. The molecule has 1 aromatic carbocycles.